The number of hydrogen-bond acceptors (Lipinski definition) is 3. The van der Waals surface area contributed by atoms with Gasteiger partial charge in [0, 0.05) is 6.04 Å². The molecule has 2 aromatic rings. The third-order valence-corrected chi connectivity index (χ3v) is 5.92. The van der Waals surface area contributed by atoms with Crippen molar-refractivity contribution in [2.24, 2.45) is 5.92 Å². The van der Waals surface area contributed by atoms with E-state index in [0.717, 1.165) is 34.9 Å². The van der Waals surface area contributed by atoms with Gasteiger partial charge in [-0.1, -0.05) is 56.2 Å². The Morgan fingerprint density at radius 3 is 2.69 bits per heavy atom. The molecular formula is C24H25BrN2O2. The monoisotopic (exact) mass is 452 g/mol. The molecule has 0 aromatic heterocycles. The Kier molecular flexibility index (Phi) is 7.48. The fourth-order valence-electron chi connectivity index (χ4n) is 3.55. The summed E-state index contributed by atoms with van der Waals surface area (Å²) < 4.78 is 6.64. The first-order valence-corrected chi connectivity index (χ1v) is 10.7. The van der Waals surface area contributed by atoms with Gasteiger partial charge in [-0.15, -0.1) is 0 Å². The summed E-state index contributed by atoms with van der Waals surface area (Å²) in [4.78, 5) is 12.6. The van der Waals surface area contributed by atoms with Crippen LogP contribution in [0.2, 0.25) is 0 Å². The number of rotatable bonds is 6. The normalized spacial score (nSPS) is 19.3. The van der Waals surface area contributed by atoms with E-state index in [1.807, 2.05) is 54.6 Å². The van der Waals surface area contributed by atoms with Gasteiger partial charge in [0.25, 0.3) is 5.91 Å². The molecule has 0 heterocycles. The highest BCUT2D eigenvalue weighted by atomic mass is 79.9. The van der Waals surface area contributed by atoms with Crippen molar-refractivity contribution in [3.63, 3.8) is 0 Å². The Labute approximate surface area is 180 Å². The zero-order chi connectivity index (χ0) is 20.6. The van der Waals surface area contributed by atoms with Crippen LogP contribution in [0.25, 0.3) is 6.08 Å². The predicted octanol–water partition coefficient (Wildman–Crippen LogP) is 5.63. The second kappa shape index (κ2) is 10.3. The van der Waals surface area contributed by atoms with Crippen LogP contribution in [-0.2, 0) is 11.4 Å². The van der Waals surface area contributed by atoms with Crippen LogP contribution in [0.15, 0.2) is 58.6 Å². The smallest absolute Gasteiger partial charge is 0.262 e. The third-order valence-electron chi connectivity index (χ3n) is 5.30. The predicted molar refractivity (Wildman–Crippen MR) is 118 cm³/mol. The number of benzene rings is 2. The highest BCUT2D eigenvalue weighted by Gasteiger charge is 2.24. The summed E-state index contributed by atoms with van der Waals surface area (Å²) in [6, 6.07) is 17.7. The van der Waals surface area contributed by atoms with Crippen molar-refractivity contribution in [2.45, 2.75) is 45.3 Å². The first-order valence-electron chi connectivity index (χ1n) is 9.95. The van der Waals surface area contributed by atoms with E-state index >= 15 is 0 Å². The lowest BCUT2D eigenvalue weighted by Crippen LogP contribution is -2.41. The maximum atomic E-state index is 12.6. The van der Waals surface area contributed by atoms with Crippen LogP contribution in [0.5, 0.6) is 5.75 Å². The molecule has 1 N–H and O–H groups in total. The van der Waals surface area contributed by atoms with Crippen LogP contribution in [0.4, 0.5) is 0 Å². The van der Waals surface area contributed by atoms with Gasteiger partial charge in [-0.2, -0.15) is 5.26 Å². The topological polar surface area (TPSA) is 62.1 Å². The van der Waals surface area contributed by atoms with E-state index in [9.17, 15) is 10.1 Å². The van der Waals surface area contributed by atoms with Crippen molar-refractivity contribution in [3.8, 4) is 11.8 Å². The fourth-order valence-corrected chi connectivity index (χ4v) is 4.06. The van der Waals surface area contributed by atoms with Crippen molar-refractivity contribution in [1.82, 2.24) is 5.32 Å². The van der Waals surface area contributed by atoms with Gasteiger partial charge in [-0.25, -0.2) is 0 Å². The molecule has 4 nitrogen and oxygen atoms in total. The van der Waals surface area contributed by atoms with Crippen molar-refractivity contribution >= 4 is 27.9 Å². The van der Waals surface area contributed by atoms with Crippen LogP contribution in [-0.4, -0.2) is 11.9 Å². The number of nitriles is 1. The lowest BCUT2D eigenvalue weighted by molar-refractivity contribution is -0.118. The SMILES string of the molecule is CC1CCCCC1NC(=O)/C(C#N)=C/c1ccc(OCc2ccccc2)c(Br)c1. The molecule has 0 saturated heterocycles. The van der Waals surface area contributed by atoms with Gasteiger partial charge in [-0.3, -0.25) is 4.79 Å². The standard InChI is InChI=1S/C24H25BrN2O2/c1-17-7-5-6-10-22(17)27-24(28)20(15-26)13-19-11-12-23(21(25)14-19)29-16-18-8-3-2-4-9-18/h2-4,8-9,11-14,17,22H,5-7,10,16H2,1H3,(H,27,28)/b20-13+. The van der Waals surface area contributed by atoms with Gasteiger partial charge in [0.15, 0.2) is 0 Å². The number of nitrogens with one attached hydrogen (secondary N) is 1. The Morgan fingerprint density at radius 2 is 2.00 bits per heavy atom. The first kappa shape index (κ1) is 21.1. The van der Waals surface area contributed by atoms with E-state index in [2.05, 4.69) is 28.2 Å². The molecule has 3 rings (SSSR count). The Bertz CT molecular complexity index is 918. The van der Waals surface area contributed by atoms with E-state index in [4.69, 9.17) is 4.74 Å². The number of carbonyl (C=O) groups excluding carboxylic acids is 1. The van der Waals surface area contributed by atoms with Crippen molar-refractivity contribution in [2.75, 3.05) is 0 Å². The van der Waals surface area contributed by atoms with Crippen molar-refractivity contribution in [3.05, 3.63) is 69.7 Å². The Morgan fingerprint density at radius 1 is 1.24 bits per heavy atom. The summed E-state index contributed by atoms with van der Waals surface area (Å²) in [5.41, 5.74) is 1.98. The fraction of sp³-hybridized carbons (Fsp3) is 0.333. The lowest BCUT2D eigenvalue weighted by Gasteiger charge is -2.29. The molecule has 0 bridgehead atoms. The van der Waals surface area contributed by atoms with E-state index < -0.39 is 0 Å². The van der Waals surface area contributed by atoms with Crippen molar-refractivity contribution < 1.29 is 9.53 Å². The average Bonchev–Trinajstić information content (AvgIpc) is 2.73. The summed E-state index contributed by atoms with van der Waals surface area (Å²) in [6.45, 7) is 2.63. The molecule has 2 aromatic carbocycles. The minimum atomic E-state index is -0.299. The quantitative estimate of drug-likeness (QED) is 0.456. The molecule has 29 heavy (non-hydrogen) atoms. The zero-order valence-corrected chi connectivity index (χ0v) is 18.1. The van der Waals surface area contributed by atoms with Gasteiger partial charge in [0.2, 0.25) is 0 Å². The largest absolute Gasteiger partial charge is 0.488 e. The molecule has 1 aliphatic rings. The molecule has 2 atom stereocenters. The minimum absolute atomic E-state index is 0.118. The van der Waals surface area contributed by atoms with Crippen LogP contribution in [0.3, 0.4) is 0 Å². The third kappa shape index (κ3) is 5.95. The summed E-state index contributed by atoms with van der Waals surface area (Å²) in [7, 11) is 0. The van der Waals surface area contributed by atoms with Gasteiger partial charge in [0.05, 0.1) is 4.47 Å². The number of halogens is 1. The summed E-state index contributed by atoms with van der Waals surface area (Å²) in [5.74, 6) is 0.861. The maximum absolute atomic E-state index is 12.6. The molecule has 1 fully saturated rings. The summed E-state index contributed by atoms with van der Waals surface area (Å²) in [6.07, 6.45) is 6.05. The van der Waals surface area contributed by atoms with Gasteiger partial charge in [0.1, 0.15) is 24.0 Å². The number of amides is 1. The molecule has 5 heteroatoms. The first-order chi connectivity index (χ1) is 14.1. The molecule has 0 radical (unpaired) electrons. The lowest BCUT2D eigenvalue weighted by atomic mass is 9.86. The van der Waals surface area contributed by atoms with Gasteiger partial charge >= 0.3 is 0 Å². The number of ether oxygens (including phenoxy) is 1. The van der Waals surface area contributed by atoms with E-state index in [0.29, 0.717) is 18.3 Å². The second-order valence-electron chi connectivity index (χ2n) is 7.48. The molecule has 2 unspecified atom stereocenters. The Hall–Kier alpha value is -2.58. The minimum Gasteiger partial charge on any atom is -0.488 e. The van der Waals surface area contributed by atoms with Crippen LogP contribution >= 0.6 is 15.9 Å². The molecular weight excluding hydrogens is 428 g/mol. The van der Waals surface area contributed by atoms with Crippen molar-refractivity contribution in [1.29, 1.82) is 5.26 Å². The molecule has 1 saturated carbocycles. The van der Waals surface area contributed by atoms with E-state index in [1.54, 1.807) is 6.08 Å². The van der Waals surface area contributed by atoms with E-state index in [1.165, 1.54) is 6.42 Å². The second-order valence-corrected chi connectivity index (χ2v) is 8.33. The van der Waals surface area contributed by atoms with Gasteiger partial charge < -0.3 is 10.1 Å². The molecule has 150 valence electrons. The van der Waals surface area contributed by atoms with Crippen LogP contribution < -0.4 is 10.1 Å². The van der Waals surface area contributed by atoms with Gasteiger partial charge in [-0.05, 0) is 64.0 Å². The molecule has 1 aliphatic carbocycles. The zero-order valence-electron chi connectivity index (χ0n) is 16.5. The van der Waals surface area contributed by atoms with E-state index in [-0.39, 0.29) is 17.5 Å². The molecule has 0 aliphatic heterocycles. The molecule has 0 spiro atoms. The number of hydrogen-bond donors (Lipinski definition) is 1. The summed E-state index contributed by atoms with van der Waals surface area (Å²) in [5, 5.41) is 12.5. The van der Waals surface area contributed by atoms with Crippen LogP contribution in [0, 0.1) is 17.2 Å². The maximum Gasteiger partial charge on any atom is 0.262 e. The average molecular weight is 453 g/mol. The highest BCUT2D eigenvalue weighted by Crippen LogP contribution is 2.28. The van der Waals surface area contributed by atoms with Crippen LogP contribution in [0.1, 0.15) is 43.7 Å². The highest BCUT2D eigenvalue weighted by molar-refractivity contribution is 9.10. The summed E-state index contributed by atoms with van der Waals surface area (Å²) >= 11 is 3.52. The Balaban J connectivity index is 1.66. The number of nitrogens with zero attached hydrogens (tertiary/aromatic N) is 1. The molecule has 1 amide bonds. The number of carbonyl (C=O) groups is 1.